The minimum atomic E-state index is -0.0571. The number of fused-ring (bicyclic) bond motifs is 5. The van der Waals surface area contributed by atoms with Crippen LogP contribution in [0.3, 0.4) is 0 Å². The van der Waals surface area contributed by atoms with E-state index >= 15 is 0 Å². The van der Waals surface area contributed by atoms with E-state index in [0.717, 1.165) is 32.2 Å². The summed E-state index contributed by atoms with van der Waals surface area (Å²) in [6.07, 6.45) is 4.84. The molecular formula is C17H20N2O. The van der Waals surface area contributed by atoms with Crippen molar-refractivity contribution in [2.75, 3.05) is 6.54 Å². The molecule has 1 N–H and O–H groups in total. The molecule has 2 aliphatic heterocycles. The van der Waals surface area contributed by atoms with Gasteiger partial charge in [0.2, 0.25) is 5.91 Å². The van der Waals surface area contributed by atoms with Gasteiger partial charge in [0.05, 0.1) is 5.54 Å². The van der Waals surface area contributed by atoms with Crippen molar-refractivity contribution in [3.63, 3.8) is 0 Å². The number of aromatic nitrogens is 1. The fraction of sp³-hybridized carbons (Fsp3) is 0.471. The van der Waals surface area contributed by atoms with Gasteiger partial charge in [0.15, 0.2) is 0 Å². The Kier molecular flexibility index (Phi) is 2.47. The predicted octanol–water partition coefficient (Wildman–Crippen LogP) is 3.34. The summed E-state index contributed by atoms with van der Waals surface area (Å²) in [5, 5.41) is 1.34. The molecule has 20 heavy (non-hydrogen) atoms. The lowest BCUT2D eigenvalue weighted by Gasteiger charge is -2.42. The maximum atomic E-state index is 12.2. The van der Waals surface area contributed by atoms with Crippen LogP contribution in [0.2, 0.25) is 0 Å². The number of nitrogens with one attached hydrogen (secondary N) is 1. The number of amides is 1. The van der Waals surface area contributed by atoms with Crippen molar-refractivity contribution in [3.05, 3.63) is 35.5 Å². The molecular weight excluding hydrogens is 248 g/mol. The Morgan fingerprint density at radius 1 is 1.30 bits per heavy atom. The molecule has 0 saturated carbocycles. The molecule has 0 aliphatic carbocycles. The van der Waals surface area contributed by atoms with Gasteiger partial charge in [-0.15, -0.1) is 0 Å². The zero-order valence-corrected chi connectivity index (χ0v) is 11.9. The van der Waals surface area contributed by atoms with Gasteiger partial charge in [0.25, 0.3) is 0 Å². The van der Waals surface area contributed by atoms with Crippen molar-refractivity contribution in [3.8, 4) is 0 Å². The summed E-state index contributed by atoms with van der Waals surface area (Å²) < 4.78 is 0. The van der Waals surface area contributed by atoms with Crippen molar-refractivity contribution >= 4 is 16.8 Å². The lowest BCUT2D eigenvalue weighted by molar-refractivity contribution is -0.132. The number of benzene rings is 1. The first-order valence-electron chi connectivity index (χ1n) is 7.67. The van der Waals surface area contributed by atoms with Gasteiger partial charge >= 0.3 is 0 Å². The summed E-state index contributed by atoms with van der Waals surface area (Å²) in [7, 11) is 0. The van der Waals surface area contributed by atoms with Gasteiger partial charge in [-0.05, 0) is 30.9 Å². The smallest absolute Gasteiger partial charge is 0.223 e. The molecule has 0 radical (unpaired) electrons. The molecule has 0 unspecified atom stereocenters. The Morgan fingerprint density at radius 2 is 2.15 bits per heavy atom. The second kappa shape index (κ2) is 4.11. The van der Waals surface area contributed by atoms with Gasteiger partial charge in [-0.1, -0.05) is 31.5 Å². The summed E-state index contributed by atoms with van der Waals surface area (Å²) in [5.74, 6) is 0.336. The molecule has 1 amide bonds. The highest BCUT2D eigenvalue weighted by Crippen LogP contribution is 2.48. The molecule has 0 bridgehead atoms. The van der Waals surface area contributed by atoms with Crippen LogP contribution in [0, 0.1) is 0 Å². The van der Waals surface area contributed by atoms with Crippen LogP contribution in [0.5, 0.6) is 0 Å². The first-order chi connectivity index (χ1) is 9.76. The Hall–Kier alpha value is -1.77. The zero-order valence-electron chi connectivity index (χ0n) is 11.9. The summed E-state index contributed by atoms with van der Waals surface area (Å²) in [5.41, 5.74) is 3.92. The van der Waals surface area contributed by atoms with Crippen molar-refractivity contribution in [2.24, 2.45) is 0 Å². The van der Waals surface area contributed by atoms with Crippen LogP contribution in [-0.4, -0.2) is 22.3 Å². The van der Waals surface area contributed by atoms with Gasteiger partial charge in [0.1, 0.15) is 0 Å². The van der Waals surface area contributed by atoms with Crippen LogP contribution in [-0.2, 0) is 16.8 Å². The van der Waals surface area contributed by atoms with Gasteiger partial charge in [-0.3, -0.25) is 4.79 Å². The molecule has 2 aliphatic rings. The largest absolute Gasteiger partial charge is 0.356 e. The Bertz CT molecular complexity index is 687. The maximum Gasteiger partial charge on any atom is 0.223 e. The van der Waals surface area contributed by atoms with E-state index in [0.29, 0.717) is 12.3 Å². The Balaban J connectivity index is 1.97. The summed E-state index contributed by atoms with van der Waals surface area (Å²) in [4.78, 5) is 18.0. The lowest BCUT2D eigenvalue weighted by Crippen LogP contribution is -2.48. The van der Waals surface area contributed by atoms with Gasteiger partial charge < -0.3 is 9.88 Å². The molecule has 1 atom stereocenters. The van der Waals surface area contributed by atoms with Gasteiger partial charge in [0, 0.05) is 29.6 Å². The van der Waals surface area contributed by atoms with Crippen molar-refractivity contribution in [1.29, 1.82) is 0 Å². The van der Waals surface area contributed by atoms with E-state index in [1.54, 1.807) is 0 Å². The maximum absolute atomic E-state index is 12.2. The highest BCUT2D eigenvalue weighted by Gasteiger charge is 2.50. The fourth-order valence-electron chi connectivity index (χ4n) is 4.30. The number of carbonyl (C=O) groups is 1. The fourth-order valence-corrected chi connectivity index (χ4v) is 4.30. The molecule has 1 fully saturated rings. The Labute approximate surface area is 119 Å². The van der Waals surface area contributed by atoms with E-state index in [-0.39, 0.29) is 5.54 Å². The number of hydrogen-bond acceptors (Lipinski definition) is 1. The number of para-hydroxylation sites is 1. The number of nitrogens with zero attached hydrogens (tertiary/aromatic N) is 1. The van der Waals surface area contributed by atoms with Crippen LogP contribution >= 0.6 is 0 Å². The minimum Gasteiger partial charge on any atom is -0.356 e. The van der Waals surface area contributed by atoms with Crippen LogP contribution < -0.4 is 0 Å². The van der Waals surface area contributed by atoms with Gasteiger partial charge in [-0.25, -0.2) is 0 Å². The average molecular weight is 268 g/mol. The van der Waals surface area contributed by atoms with Crippen molar-refractivity contribution in [2.45, 2.75) is 44.6 Å². The van der Waals surface area contributed by atoms with Crippen LogP contribution in [0.25, 0.3) is 10.9 Å². The van der Waals surface area contributed by atoms with Crippen molar-refractivity contribution in [1.82, 2.24) is 9.88 Å². The van der Waals surface area contributed by atoms with E-state index in [4.69, 9.17) is 0 Å². The highest BCUT2D eigenvalue weighted by atomic mass is 16.2. The van der Waals surface area contributed by atoms with E-state index in [9.17, 15) is 4.79 Å². The first-order valence-corrected chi connectivity index (χ1v) is 7.67. The molecule has 0 spiro atoms. The van der Waals surface area contributed by atoms with Crippen LogP contribution in [0.4, 0.5) is 0 Å². The third kappa shape index (κ3) is 1.38. The minimum absolute atomic E-state index is 0.0571. The molecule has 104 valence electrons. The number of hydrogen-bond donors (Lipinski definition) is 1. The number of rotatable bonds is 2. The molecule has 3 nitrogen and oxygen atoms in total. The number of H-pyrrole nitrogens is 1. The zero-order chi connectivity index (χ0) is 13.7. The highest BCUT2D eigenvalue weighted by molar-refractivity contribution is 5.87. The van der Waals surface area contributed by atoms with Gasteiger partial charge in [-0.2, -0.15) is 0 Å². The monoisotopic (exact) mass is 268 g/mol. The number of aromatic amines is 1. The molecule has 2 aromatic rings. The normalized spacial score (nSPS) is 25.1. The molecule has 1 aromatic heterocycles. The second-order valence-corrected chi connectivity index (χ2v) is 6.10. The second-order valence-electron chi connectivity index (χ2n) is 6.10. The molecule has 3 heterocycles. The predicted molar refractivity (Wildman–Crippen MR) is 79.5 cm³/mol. The van der Waals surface area contributed by atoms with E-state index < -0.39 is 0 Å². The topological polar surface area (TPSA) is 36.1 Å². The third-order valence-electron chi connectivity index (χ3n) is 5.10. The molecule has 3 heteroatoms. The van der Waals surface area contributed by atoms with E-state index in [2.05, 4.69) is 41.1 Å². The molecule has 4 rings (SSSR count). The number of carbonyl (C=O) groups excluding carboxylic acids is 1. The average Bonchev–Trinajstić information content (AvgIpc) is 2.99. The van der Waals surface area contributed by atoms with Crippen LogP contribution in [0.1, 0.15) is 43.9 Å². The van der Waals surface area contributed by atoms with E-state index in [1.165, 1.54) is 22.2 Å². The SMILES string of the molecule is CCC[C@]12CCC(=O)N1CCc1c2[nH]c2ccccc12. The van der Waals surface area contributed by atoms with E-state index in [1.807, 2.05) is 0 Å². The standard InChI is InChI=1S/C17H20N2O/c1-2-9-17-10-7-15(20)19(17)11-8-13-12-5-3-4-6-14(12)18-16(13)17/h3-6,18H,2,7-11H2,1H3/t17-/m1/s1. The first kappa shape index (κ1) is 12.0. The third-order valence-corrected chi connectivity index (χ3v) is 5.10. The quantitative estimate of drug-likeness (QED) is 0.891. The van der Waals surface area contributed by atoms with Crippen molar-refractivity contribution < 1.29 is 4.79 Å². The summed E-state index contributed by atoms with van der Waals surface area (Å²) in [6.45, 7) is 3.10. The molecule has 1 aromatic carbocycles. The molecule has 1 saturated heterocycles. The summed E-state index contributed by atoms with van der Waals surface area (Å²) in [6, 6.07) is 8.54. The lowest BCUT2D eigenvalue weighted by atomic mass is 9.81. The Morgan fingerprint density at radius 3 is 3.00 bits per heavy atom. The summed E-state index contributed by atoms with van der Waals surface area (Å²) >= 11 is 0. The van der Waals surface area contributed by atoms with Crippen LogP contribution in [0.15, 0.2) is 24.3 Å².